The standard InChI is InChI=1S/C12H23N5O.ClH/c1-10(2)6-12(3,7-13)16-11(18)4-5-17-9-14-8-15-17;/h8-10H,4-7,13H2,1-3H3,(H,16,18);1H. The normalized spacial score (nSPS) is 13.7. The molecular formula is C12H24ClN5O. The first-order valence-corrected chi connectivity index (χ1v) is 6.29. The van der Waals surface area contributed by atoms with Crippen LogP contribution in [0.15, 0.2) is 12.7 Å². The van der Waals surface area contributed by atoms with E-state index in [-0.39, 0.29) is 23.9 Å². The third-order valence-electron chi connectivity index (χ3n) is 2.79. The van der Waals surface area contributed by atoms with E-state index in [0.29, 0.717) is 25.4 Å². The maximum atomic E-state index is 11.9. The van der Waals surface area contributed by atoms with Crippen molar-refractivity contribution in [2.45, 2.75) is 45.7 Å². The van der Waals surface area contributed by atoms with Crippen molar-refractivity contribution in [1.82, 2.24) is 20.1 Å². The molecule has 3 N–H and O–H groups in total. The summed E-state index contributed by atoms with van der Waals surface area (Å²) >= 11 is 0. The Morgan fingerprint density at radius 2 is 2.21 bits per heavy atom. The molecule has 0 fully saturated rings. The Morgan fingerprint density at radius 3 is 2.68 bits per heavy atom. The van der Waals surface area contributed by atoms with Crippen molar-refractivity contribution in [3.8, 4) is 0 Å². The molecule has 1 aromatic heterocycles. The quantitative estimate of drug-likeness (QED) is 0.783. The third kappa shape index (κ3) is 6.54. The van der Waals surface area contributed by atoms with Gasteiger partial charge in [0.1, 0.15) is 12.7 Å². The lowest BCUT2D eigenvalue weighted by atomic mass is 9.90. The molecule has 1 atom stereocenters. The largest absolute Gasteiger partial charge is 0.350 e. The van der Waals surface area contributed by atoms with Crippen LogP contribution in [0.25, 0.3) is 0 Å². The number of nitrogens with two attached hydrogens (primary N) is 1. The van der Waals surface area contributed by atoms with Crippen LogP contribution in [-0.4, -0.2) is 32.8 Å². The first-order valence-electron chi connectivity index (χ1n) is 6.29. The number of nitrogens with one attached hydrogen (secondary N) is 1. The number of hydrogen-bond donors (Lipinski definition) is 2. The molecular weight excluding hydrogens is 266 g/mol. The molecule has 1 rings (SSSR count). The minimum absolute atomic E-state index is 0. The van der Waals surface area contributed by atoms with Gasteiger partial charge in [0.05, 0.1) is 6.54 Å². The van der Waals surface area contributed by atoms with Crippen LogP contribution in [0.4, 0.5) is 0 Å². The predicted molar refractivity (Wildman–Crippen MR) is 76.9 cm³/mol. The van der Waals surface area contributed by atoms with E-state index in [1.807, 2.05) is 6.92 Å². The number of nitrogens with zero attached hydrogens (tertiary/aromatic N) is 3. The summed E-state index contributed by atoms with van der Waals surface area (Å²) in [5.41, 5.74) is 5.43. The Kier molecular flexibility index (Phi) is 7.63. The van der Waals surface area contributed by atoms with Crippen molar-refractivity contribution in [2.24, 2.45) is 11.7 Å². The fourth-order valence-corrected chi connectivity index (χ4v) is 2.05. The summed E-state index contributed by atoms with van der Waals surface area (Å²) in [6.45, 7) is 7.21. The van der Waals surface area contributed by atoms with E-state index in [9.17, 15) is 4.79 Å². The van der Waals surface area contributed by atoms with E-state index in [4.69, 9.17) is 5.73 Å². The second kappa shape index (κ2) is 8.12. The molecule has 1 amide bonds. The van der Waals surface area contributed by atoms with Crippen molar-refractivity contribution in [1.29, 1.82) is 0 Å². The maximum Gasteiger partial charge on any atom is 0.222 e. The highest BCUT2D eigenvalue weighted by molar-refractivity contribution is 5.85. The van der Waals surface area contributed by atoms with Gasteiger partial charge in [0.2, 0.25) is 5.91 Å². The number of aromatic nitrogens is 3. The monoisotopic (exact) mass is 289 g/mol. The summed E-state index contributed by atoms with van der Waals surface area (Å²) < 4.78 is 1.64. The lowest BCUT2D eigenvalue weighted by molar-refractivity contribution is -0.123. The molecule has 6 nitrogen and oxygen atoms in total. The van der Waals surface area contributed by atoms with Crippen molar-refractivity contribution in [3.05, 3.63) is 12.7 Å². The SMILES string of the molecule is CC(C)CC(C)(CN)NC(=O)CCn1cncn1.Cl. The van der Waals surface area contributed by atoms with Crippen LogP contribution in [0.3, 0.4) is 0 Å². The molecule has 0 aliphatic heterocycles. The van der Waals surface area contributed by atoms with E-state index >= 15 is 0 Å². The van der Waals surface area contributed by atoms with E-state index in [1.165, 1.54) is 6.33 Å². The number of amides is 1. The highest BCUT2D eigenvalue weighted by Gasteiger charge is 2.25. The van der Waals surface area contributed by atoms with E-state index in [2.05, 4.69) is 29.2 Å². The molecule has 110 valence electrons. The lowest BCUT2D eigenvalue weighted by Gasteiger charge is -2.31. The number of carbonyl (C=O) groups excluding carboxylic acids is 1. The molecule has 0 spiro atoms. The van der Waals surface area contributed by atoms with Crippen LogP contribution in [-0.2, 0) is 11.3 Å². The van der Waals surface area contributed by atoms with Gasteiger partial charge in [-0.1, -0.05) is 13.8 Å². The molecule has 1 unspecified atom stereocenters. The Morgan fingerprint density at radius 1 is 1.53 bits per heavy atom. The topological polar surface area (TPSA) is 85.8 Å². The molecule has 0 aliphatic rings. The van der Waals surface area contributed by atoms with Crippen LogP contribution in [0.1, 0.15) is 33.6 Å². The average Bonchev–Trinajstić information content (AvgIpc) is 2.78. The van der Waals surface area contributed by atoms with Crippen molar-refractivity contribution < 1.29 is 4.79 Å². The van der Waals surface area contributed by atoms with Gasteiger partial charge in [-0.25, -0.2) is 4.98 Å². The second-order valence-electron chi connectivity index (χ2n) is 5.32. The van der Waals surface area contributed by atoms with Crippen molar-refractivity contribution >= 4 is 18.3 Å². The number of hydrogen-bond acceptors (Lipinski definition) is 4. The Hall–Kier alpha value is -1.14. The van der Waals surface area contributed by atoms with Crippen LogP contribution in [0.5, 0.6) is 0 Å². The molecule has 0 saturated carbocycles. The van der Waals surface area contributed by atoms with Crippen molar-refractivity contribution in [3.63, 3.8) is 0 Å². The van der Waals surface area contributed by atoms with Crippen LogP contribution in [0, 0.1) is 5.92 Å². The molecule has 0 aromatic carbocycles. The van der Waals surface area contributed by atoms with Gasteiger partial charge in [-0.2, -0.15) is 5.10 Å². The number of rotatable bonds is 7. The van der Waals surface area contributed by atoms with Gasteiger partial charge in [0.25, 0.3) is 0 Å². The molecule has 1 aromatic rings. The summed E-state index contributed by atoms with van der Waals surface area (Å²) in [6.07, 6.45) is 4.32. The van der Waals surface area contributed by atoms with E-state index < -0.39 is 0 Å². The molecule has 1 heterocycles. The van der Waals surface area contributed by atoms with Gasteiger partial charge in [0.15, 0.2) is 0 Å². The Labute approximate surface area is 120 Å². The predicted octanol–water partition coefficient (Wildman–Crippen LogP) is 0.970. The highest BCUT2D eigenvalue weighted by Crippen LogP contribution is 2.15. The minimum atomic E-state index is -0.326. The number of halogens is 1. The molecule has 0 aliphatic carbocycles. The van der Waals surface area contributed by atoms with E-state index in [0.717, 1.165) is 6.42 Å². The molecule has 0 bridgehead atoms. The first kappa shape index (κ1) is 17.9. The average molecular weight is 290 g/mol. The van der Waals surface area contributed by atoms with Crippen LogP contribution in [0.2, 0.25) is 0 Å². The summed E-state index contributed by atoms with van der Waals surface area (Å²) in [7, 11) is 0. The smallest absolute Gasteiger partial charge is 0.222 e. The fourth-order valence-electron chi connectivity index (χ4n) is 2.05. The Balaban J connectivity index is 0.00000324. The summed E-state index contributed by atoms with van der Waals surface area (Å²) in [5.74, 6) is 0.494. The first-order chi connectivity index (χ1) is 8.45. The summed E-state index contributed by atoms with van der Waals surface area (Å²) in [5, 5.41) is 6.97. The van der Waals surface area contributed by atoms with Crippen molar-refractivity contribution in [2.75, 3.05) is 6.54 Å². The van der Waals surface area contributed by atoms with E-state index in [1.54, 1.807) is 11.0 Å². The zero-order valence-corrected chi connectivity index (χ0v) is 12.6. The zero-order valence-electron chi connectivity index (χ0n) is 11.8. The van der Waals surface area contributed by atoms with Gasteiger partial charge < -0.3 is 11.1 Å². The fraction of sp³-hybridized carbons (Fsp3) is 0.750. The van der Waals surface area contributed by atoms with Gasteiger partial charge in [-0.3, -0.25) is 9.48 Å². The van der Waals surface area contributed by atoms with Gasteiger partial charge in [0, 0.05) is 18.5 Å². The zero-order chi connectivity index (χ0) is 13.6. The third-order valence-corrected chi connectivity index (χ3v) is 2.79. The van der Waals surface area contributed by atoms with Crippen LogP contribution >= 0.6 is 12.4 Å². The Bertz CT molecular complexity index is 368. The van der Waals surface area contributed by atoms with Gasteiger partial charge in [-0.15, -0.1) is 12.4 Å². The summed E-state index contributed by atoms with van der Waals surface area (Å²) in [6, 6.07) is 0. The highest BCUT2D eigenvalue weighted by atomic mass is 35.5. The molecule has 0 radical (unpaired) electrons. The van der Waals surface area contributed by atoms with Gasteiger partial charge in [-0.05, 0) is 19.3 Å². The van der Waals surface area contributed by atoms with Crippen LogP contribution < -0.4 is 11.1 Å². The summed E-state index contributed by atoms with van der Waals surface area (Å²) in [4.78, 5) is 15.7. The molecule has 7 heteroatoms. The number of aryl methyl sites for hydroxylation is 1. The number of carbonyl (C=O) groups is 1. The maximum absolute atomic E-state index is 11.9. The minimum Gasteiger partial charge on any atom is -0.350 e. The second-order valence-corrected chi connectivity index (χ2v) is 5.32. The molecule has 19 heavy (non-hydrogen) atoms. The van der Waals surface area contributed by atoms with Gasteiger partial charge >= 0.3 is 0 Å². The lowest BCUT2D eigenvalue weighted by Crippen LogP contribution is -2.52. The molecule has 0 saturated heterocycles.